The summed E-state index contributed by atoms with van der Waals surface area (Å²) in [4.78, 5) is 12.1. The molecular weight excluding hydrogens is 421 g/mol. The summed E-state index contributed by atoms with van der Waals surface area (Å²) in [5.74, 6) is -1.69. The molecule has 0 radical (unpaired) electrons. The first-order valence-electron chi connectivity index (χ1n) is 9.86. The van der Waals surface area contributed by atoms with E-state index in [-0.39, 0.29) is 24.0 Å². The molecule has 4 fully saturated rings. The molecule has 164 valence electrons. The van der Waals surface area contributed by atoms with Crippen molar-refractivity contribution in [2.24, 2.45) is 11.8 Å². The van der Waals surface area contributed by atoms with E-state index in [9.17, 15) is 26.4 Å². The van der Waals surface area contributed by atoms with Crippen molar-refractivity contribution >= 4 is 16.1 Å². The molecule has 4 saturated carbocycles. The lowest BCUT2D eigenvalue weighted by molar-refractivity contribution is -0.213. The van der Waals surface area contributed by atoms with Gasteiger partial charge in [0.15, 0.2) is 0 Å². The van der Waals surface area contributed by atoms with Crippen LogP contribution < -0.4 is 0 Å². The normalized spacial score (nSPS) is 32.8. The minimum absolute atomic E-state index is 0.0464. The van der Waals surface area contributed by atoms with Gasteiger partial charge in [-0.25, -0.2) is 4.79 Å². The summed E-state index contributed by atoms with van der Waals surface area (Å²) in [5.41, 5.74) is -3.15. The Labute approximate surface area is 173 Å². The second kappa shape index (κ2) is 7.09. The van der Waals surface area contributed by atoms with Gasteiger partial charge in [0.25, 0.3) is 10.1 Å². The highest BCUT2D eigenvalue weighted by Crippen LogP contribution is 2.60. The van der Waals surface area contributed by atoms with Crippen LogP contribution in [0, 0.1) is 11.8 Å². The van der Waals surface area contributed by atoms with Crippen LogP contribution in [0.15, 0.2) is 42.5 Å². The van der Waals surface area contributed by atoms with Crippen molar-refractivity contribution in [2.45, 2.75) is 61.7 Å². The molecule has 1 aromatic rings. The molecule has 5 nitrogen and oxygen atoms in total. The summed E-state index contributed by atoms with van der Waals surface area (Å²) in [5, 5.41) is 0. The summed E-state index contributed by atoms with van der Waals surface area (Å²) in [6.07, 6.45) is -2.11. The summed E-state index contributed by atoms with van der Waals surface area (Å²) in [7, 11) is -3.93. The Morgan fingerprint density at radius 3 is 2.20 bits per heavy atom. The lowest BCUT2D eigenvalue weighted by Crippen LogP contribution is -2.62. The van der Waals surface area contributed by atoms with Gasteiger partial charge in [-0.15, -0.1) is 0 Å². The van der Waals surface area contributed by atoms with Gasteiger partial charge in [-0.05, 0) is 49.5 Å². The number of carbonyl (C=O) groups excluding carboxylic acids is 1. The molecular formula is C21H23F3O5S. The van der Waals surface area contributed by atoms with Crippen molar-refractivity contribution in [1.82, 2.24) is 0 Å². The minimum atomic E-state index is -4.87. The number of rotatable bonds is 6. The number of esters is 1. The van der Waals surface area contributed by atoms with Crippen LogP contribution in [0.1, 0.15) is 44.1 Å². The summed E-state index contributed by atoms with van der Waals surface area (Å²) in [6.45, 7) is 2.82. The molecule has 0 heterocycles. The number of halogens is 3. The van der Waals surface area contributed by atoms with E-state index in [0.29, 0.717) is 31.2 Å². The highest BCUT2D eigenvalue weighted by atomic mass is 32.2. The molecule has 0 spiro atoms. The number of ether oxygens (including phenoxy) is 1. The van der Waals surface area contributed by atoms with Crippen LogP contribution in [0.2, 0.25) is 0 Å². The molecule has 0 aromatic heterocycles. The molecule has 0 amide bonds. The Morgan fingerprint density at radius 2 is 1.63 bits per heavy atom. The van der Waals surface area contributed by atoms with E-state index in [4.69, 9.17) is 8.92 Å². The predicted molar refractivity (Wildman–Crippen MR) is 102 cm³/mol. The van der Waals surface area contributed by atoms with Gasteiger partial charge in [-0.1, -0.05) is 36.9 Å². The second-order valence-corrected chi connectivity index (χ2v) is 10.5. The zero-order valence-electron chi connectivity index (χ0n) is 16.3. The summed E-state index contributed by atoms with van der Waals surface area (Å²) < 4.78 is 75.2. The average molecular weight is 444 g/mol. The van der Waals surface area contributed by atoms with Crippen LogP contribution in [0.25, 0.3) is 0 Å². The fourth-order valence-electron chi connectivity index (χ4n) is 5.76. The number of hydrogen-bond acceptors (Lipinski definition) is 5. The van der Waals surface area contributed by atoms with Gasteiger partial charge < -0.3 is 4.74 Å². The minimum Gasteiger partial charge on any atom is -0.455 e. The first-order chi connectivity index (χ1) is 13.9. The van der Waals surface area contributed by atoms with Crippen LogP contribution in [0.3, 0.4) is 0 Å². The van der Waals surface area contributed by atoms with Crippen molar-refractivity contribution in [3.05, 3.63) is 48.0 Å². The Bertz CT molecular complexity index is 941. The highest BCUT2D eigenvalue weighted by molar-refractivity contribution is 7.85. The standard InChI is InChI=1S/C21H23F3O5S/c1-14(21(22,23)24)18(25)28-19-8-16-7-17(9-19)11-20(10-16,13-19)29-30(26,27)12-15-5-3-2-4-6-15/h2-6,16-17H,1,7-13H2. The van der Waals surface area contributed by atoms with Crippen molar-refractivity contribution < 1.29 is 35.3 Å². The van der Waals surface area contributed by atoms with Gasteiger partial charge in [0, 0.05) is 6.42 Å². The lowest BCUT2D eigenvalue weighted by atomic mass is 9.52. The van der Waals surface area contributed by atoms with E-state index in [1.807, 2.05) is 0 Å². The zero-order valence-corrected chi connectivity index (χ0v) is 17.1. The van der Waals surface area contributed by atoms with Gasteiger partial charge in [0.1, 0.15) is 16.9 Å². The van der Waals surface area contributed by atoms with Gasteiger partial charge in [0.05, 0.1) is 5.60 Å². The monoisotopic (exact) mass is 444 g/mol. The number of hydrogen-bond donors (Lipinski definition) is 0. The fourth-order valence-corrected chi connectivity index (χ4v) is 7.16. The Morgan fingerprint density at radius 1 is 1.07 bits per heavy atom. The third kappa shape index (κ3) is 4.27. The van der Waals surface area contributed by atoms with Crippen LogP contribution in [-0.2, 0) is 29.6 Å². The highest BCUT2D eigenvalue weighted by Gasteiger charge is 2.62. The topological polar surface area (TPSA) is 69.7 Å². The third-order valence-corrected chi connectivity index (χ3v) is 7.64. The molecule has 2 unspecified atom stereocenters. The molecule has 0 N–H and O–H groups in total. The maximum atomic E-state index is 12.9. The van der Waals surface area contributed by atoms with Crippen LogP contribution in [-0.4, -0.2) is 31.8 Å². The van der Waals surface area contributed by atoms with E-state index in [2.05, 4.69) is 6.58 Å². The van der Waals surface area contributed by atoms with Crippen LogP contribution in [0.5, 0.6) is 0 Å². The van der Waals surface area contributed by atoms with E-state index in [0.717, 1.165) is 6.42 Å². The van der Waals surface area contributed by atoms with Gasteiger partial charge >= 0.3 is 12.1 Å². The quantitative estimate of drug-likeness (QED) is 0.372. The molecule has 30 heavy (non-hydrogen) atoms. The molecule has 4 aliphatic carbocycles. The first kappa shape index (κ1) is 21.4. The SMILES string of the molecule is C=C(C(=O)OC12CC3CC(C1)CC(OS(=O)(=O)Cc1ccccc1)(C3)C2)C(F)(F)F. The molecule has 9 heteroatoms. The van der Waals surface area contributed by atoms with Crippen molar-refractivity contribution in [2.75, 3.05) is 0 Å². The molecule has 0 aliphatic heterocycles. The van der Waals surface area contributed by atoms with Gasteiger partial charge in [0.2, 0.25) is 0 Å². The largest absolute Gasteiger partial charge is 0.455 e. The second-order valence-electron chi connectivity index (χ2n) is 8.96. The van der Waals surface area contributed by atoms with Gasteiger partial charge in [-0.2, -0.15) is 21.6 Å². The Balaban J connectivity index is 1.54. The molecule has 1 aromatic carbocycles. The predicted octanol–water partition coefficient (Wildman–Crippen LogP) is 4.29. The maximum absolute atomic E-state index is 12.9. The molecule has 2 atom stereocenters. The van der Waals surface area contributed by atoms with E-state index in [1.165, 1.54) is 0 Å². The Hall–Kier alpha value is -1.87. The average Bonchev–Trinajstić information content (AvgIpc) is 2.57. The van der Waals surface area contributed by atoms with E-state index in [1.54, 1.807) is 30.3 Å². The lowest BCUT2D eigenvalue weighted by Gasteiger charge is -2.60. The summed E-state index contributed by atoms with van der Waals surface area (Å²) >= 11 is 0. The maximum Gasteiger partial charge on any atom is 0.422 e. The van der Waals surface area contributed by atoms with Crippen LogP contribution >= 0.6 is 0 Å². The zero-order chi connectivity index (χ0) is 21.8. The Kier molecular flexibility index (Phi) is 5.05. The number of benzene rings is 1. The summed E-state index contributed by atoms with van der Waals surface area (Å²) in [6, 6.07) is 8.62. The van der Waals surface area contributed by atoms with Crippen LogP contribution in [0.4, 0.5) is 13.2 Å². The third-order valence-electron chi connectivity index (χ3n) is 6.34. The smallest absolute Gasteiger partial charge is 0.422 e. The van der Waals surface area contributed by atoms with Crippen molar-refractivity contribution in [3.63, 3.8) is 0 Å². The van der Waals surface area contributed by atoms with Crippen molar-refractivity contribution in [1.29, 1.82) is 0 Å². The molecule has 4 bridgehead atoms. The number of alkyl halides is 3. The van der Waals surface area contributed by atoms with Gasteiger partial charge in [-0.3, -0.25) is 4.18 Å². The molecule has 5 rings (SSSR count). The molecule has 0 saturated heterocycles. The fraction of sp³-hybridized carbons (Fsp3) is 0.571. The van der Waals surface area contributed by atoms with E-state index >= 15 is 0 Å². The first-order valence-corrected chi connectivity index (χ1v) is 11.4. The van der Waals surface area contributed by atoms with E-state index < -0.39 is 39.0 Å². The van der Waals surface area contributed by atoms with Crippen molar-refractivity contribution in [3.8, 4) is 0 Å². The number of carbonyl (C=O) groups is 1. The molecule has 4 aliphatic rings.